The van der Waals surface area contributed by atoms with Crippen LogP contribution in [0.5, 0.6) is 0 Å². The van der Waals surface area contributed by atoms with Gasteiger partial charge in [0.1, 0.15) is 49.3 Å². The van der Waals surface area contributed by atoms with E-state index in [1.54, 1.807) is 0 Å². The first-order valence-corrected chi connectivity index (χ1v) is 10.1. The molecule has 35 heavy (non-hydrogen) atoms. The lowest BCUT2D eigenvalue weighted by Gasteiger charge is -2.11. The summed E-state index contributed by atoms with van der Waals surface area (Å²) in [5.41, 5.74) is 0. The first kappa shape index (κ1) is 36.2. The highest BCUT2D eigenvalue weighted by molar-refractivity contribution is 5.83. The Morgan fingerprint density at radius 3 is 1.26 bits per heavy atom. The molecule has 12 N–H and O–H groups in total. The predicted molar refractivity (Wildman–Crippen MR) is 110 cm³/mol. The Hall–Kier alpha value is -0.970. The van der Waals surface area contributed by atoms with E-state index in [4.69, 9.17) is 66.0 Å². The van der Waals surface area contributed by atoms with E-state index in [0.717, 1.165) is 7.11 Å². The summed E-state index contributed by atoms with van der Waals surface area (Å²) in [6.45, 7) is -1.16. The van der Waals surface area contributed by atoms with Gasteiger partial charge in [-0.05, 0) is 0 Å². The minimum absolute atomic E-state index is 0.0162. The van der Waals surface area contributed by atoms with Gasteiger partial charge in [-0.15, -0.1) is 0 Å². The standard InChI is InChI=1S/C5H10O4.3C4H8O4.CH4O/c1-8-5-4(7)3(6)2-9-5;2*5-2-1-8-4(7)3(2)6;5-1-3(7)4(8)2-6;1-2/h3-7H,2H2,1H3;2*2-7H,1H2;3,5-7H,1-2H2;2H,1H3/t3-,4-,5?;2-,3+,4?;2-,3-,4?;3-;/m1111./s1. The van der Waals surface area contributed by atoms with E-state index in [9.17, 15) is 4.79 Å². The summed E-state index contributed by atoms with van der Waals surface area (Å²) >= 11 is 0. The monoisotopic (exact) mass is 526 g/mol. The Morgan fingerprint density at radius 1 is 0.771 bits per heavy atom. The van der Waals surface area contributed by atoms with E-state index in [1.807, 2.05) is 0 Å². The zero-order valence-electron chi connectivity index (χ0n) is 19.2. The fourth-order valence-corrected chi connectivity index (χ4v) is 2.16. The van der Waals surface area contributed by atoms with Gasteiger partial charge in [-0.2, -0.15) is 0 Å². The van der Waals surface area contributed by atoms with Crippen LogP contribution in [-0.4, -0.2) is 176 Å². The highest BCUT2D eigenvalue weighted by Crippen LogP contribution is 2.14. The zero-order chi connectivity index (χ0) is 27.7. The molecule has 0 aromatic carbocycles. The number of ether oxygens (including phenoxy) is 4. The summed E-state index contributed by atoms with van der Waals surface area (Å²) in [4.78, 5) is 10.1. The van der Waals surface area contributed by atoms with Crippen LogP contribution in [0, 0.1) is 0 Å². The number of aliphatic hydroxyl groups excluding tert-OH is 12. The van der Waals surface area contributed by atoms with Gasteiger partial charge in [0.15, 0.2) is 24.7 Å². The van der Waals surface area contributed by atoms with Gasteiger partial charge in [-0.3, -0.25) is 4.79 Å². The second-order valence-electron chi connectivity index (χ2n) is 6.88. The minimum Gasteiger partial charge on any atom is -0.400 e. The van der Waals surface area contributed by atoms with E-state index < -0.39 is 80.6 Å². The van der Waals surface area contributed by atoms with Crippen molar-refractivity contribution in [3.05, 3.63) is 0 Å². The van der Waals surface area contributed by atoms with Gasteiger partial charge >= 0.3 is 0 Å². The predicted octanol–water partition coefficient (Wildman–Crippen LogP) is -7.67. The number of methoxy groups -OCH3 is 1. The summed E-state index contributed by atoms with van der Waals surface area (Å²) < 4.78 is 18.3. The maximum Gasteiger partial charge on any atom is 0.188 e. The molecule has 10 atom stereocenters. The van der Waals surface area contributed by atoms with E-state index in [0.29, 0.717) is 0 Å². The third kappa shape index (κ3) is 13.8. The van der Waals surface area contributed by atoms with Crippen molar-refractivity contribution in [1.29, 1.82) is 0 Å². The molecule has 3 aliphatic heterocycles. The molecule has 0 aliphatic carbocycles. The molecule has 3 heterocycles. The normalized spacial score (nSPS) is 36.2. The van der Waals surface area contributed by atoms with Crippen LogP contribution in [0.15, 0.2) is 0 Å². The van der Waals surface area contributed by atoms with Crippen LogP contribution in [0.3, 0.4) is 0 Å². The molecule has 0 bridgehead atoms. The van der Waals surface area contributed by atoms with Crippen LogP contribution in [0.25, 0.3) is 0 Å². The van der Waals surface area contributed by atoms with E-state index in [-0.39, 0.29) is 19.8 Å². The van der Waals surface area contributed by atoms with Crippen molar-refractivity contribution >= 4 is 5.78 Å². The molecule has 0 radical (unpaired) electrons. The molecule has 212 valence electrons. The third-order valence-electron chi connectivity index (χ3n) is 4.29. The average Bonchev–Trinajstić information content (AvgIpc) is 3.47. The topological polar surface area (TPSA) is 297 Å². The number of Topliss-reactive ketones (excluding diaryl/α,β-unsaturated/α-hetero) is 1. The minimum atomic E-state index is -1.42. The molecular formula is C18H38O17. The Kier molecular flexibility index (Phi) is 20.8. The van der Waals surface area contributed by atoms with Crippen molar-refractivity contribution in [2.24, 2.45) is 0 Å². The fraction of sp³-hybridized carbons (Fsp3) is 0.944. The second-order valence-corrected chi connectivity index (χ2v) is 6.88. The highest BCUT2D eigenvalue weighted by Gasteiger charge is 2.34. The fourth-order valence-electron chi connectivity index (χ4n) is 2.16. The van der Waals surface area contributed by atoms with Gasteiger partial charge in [0, 0.05) is 14.2 Å². The van der Waals surface area contributed by atoms with Crippen LogP contribution in [0.2, 0.25) is 0 Å². The van der Waals surface area contributed by atoms with E-state index >= 15 is 0 Å². The molecular weight excluding hydrogens is 488 g/mol. The van der Waals surface area contributed by atoms with Gasteiger partial charge in [-0.1, -0.05) is 0 Å². The molecule has 0 aromatic heterocycles. The molecule has 0 amide bonds. The molecule has 3 rings (SSSR count). The number of rotatable bonds is 4. The number of carbonyl (C=O) groups excluding carboxylic acids is 1. The smallest absolute Gasteiger partial charge is 0.188 e. The summed E-state index contributed by atoms with van der Waals surface area (Å²) in [5.74, 6) is -0.757. The van der Waals surface area contributed by atoms with Crippen LogP contribution in [0.1, 0.15) is 0 Å². The van der Waals surface area contributed by atoms with Crippen molar-refractivity contribution in [1.82, 2.24) is 0 Å². The van der Waals surface area contributed by atoms with E-state index in [2.05, 4.69) is 14.2 Å². The summed E-state index contributed by atoms with van der Waals surface area (Å²) in [7, 11) is 2.42. The van der Waals surface area contributed by atoms with Crippen molar-refractivity contribution in [2.45, 2.75) is 61.6 Å². The van der Waals surface area contributed by atoms with E-state index in [1.165, 1.54) is 7.11 Å². The lowest BCUT2D eigenvalue weighted by atomic mass is 10.2. The Morgan fingerprint density at radius 2 is 1.14 bits per heavy atom. The summed E-state index contributed by atoms with van der Waals surface area (Å²) in [6, 6.07) is 0. The Bertz CT molecular complexity index is 483. The van der Waals surface area contributed by atoms with Crippen LogP contribution >= 0.6 is 0 Å². The molecule has 0 spiro atoms. The molecule has 3 saturated heterocycles. The van der Waals surface area contributed by atoms with Crippen molar-refractivity contribution in [3.63, 3.8) is 0 Å². The maximum absolute atomic E-state index is 10.1. The Labute approximate surface area is 200 Å². The second kappa shape index (κ2) is 20.1. The van der Waals surface area contributed by atoms with Crippen molar-refractivity contribution in [2.75, 3.05) is 47.3 Å². The van der Waals surface area contributed by atoms with Crippen molar-refractivity contribution in [3.8, 4) is 0 Å². The SMILES string of the molecule is CO.COC1OC[C@@H](O)[C@H]1O.O=C(CO)[C@H](O)CO.OC1OC[C@@H](O)[C@@H]1O.OC1OC[C@@H](O)[C@H]1O. The van der Waals surface area contributed by atoms with Gasteiger partial charge < -0.3 is 80.2 Å². The summed E-state index contributed by atoms with van der Waals surface area (Å²) in [5, 5.41) is 101. The third-order valence-corrected chi connectivity index (χ3v) is 4.29. The summed E-state index contributed by atoms with van der Waals surface area (Å²) in [6.07, 6.45) is -10.3. The quantitative estimate of drug-likeness (QED) is 0.162. The number of ketones is 1. The van der Waals surface area contributed by atoms with Gasteiger partial charge in [0.05, 0.1) is 26.4 Å². The molecule has 0 saturated carbocycles. The molecule has 3 fully saturated rings. The number of hydrogen-bond donors (Lipinski definition) is 12. The Balaban J connectivity index is 0. The first-order chi connectivity index (χ1) is 16.4. The lowest BCUT2D eigenvalue weighted by molar-refractivity contribution is -0.134. The molecule has 3 aliphatic rings. The first-order valence-electron chi connectivity index (χ1n) is 10.1. The van der Waals surface area contributed by atoms with Crippen LogP contribution in [0.4, 0.5) is 0 Å². The van der Waals surface area contributed by atoms with Gasteiger partial charge in [-0.25, -0.2) is 0 Å². The number of carbonyl (C=O) groups is 1. The van der Waals surface area contributed by atoms with Crippen LogP contribution < -0.4 is 0 Å². The molecule has 17 heteroatoms. The largest absolute Gasteiger partial charge is 0.400 e. The average molecular weight is 526 g/mol. The van der Waals surface area contributed by atoms with Gasteiger partial charge in [0.25, 0.3) is 0 Å². The van der Waals surface area contributed by atoms with Crippen LogP contribution in [-0.2, 0) is 23.7 Å². The molecule has 17 nitrogen and oxygen atoms in total. The lowest BCUT2D eigenvalue weighted by Crippen LogP contribution is -2.30. The zero-order valence-corrected chi connectivity index (χ0v) is 19.2. The highest BCUT2D eigenvalue weighted by atomic mass is 16.7. The molecule has 3 unspecified atom stereocenters. The number of aliphatic hydroxyl groups is 12. The maximum atomic E-state index is 10.1. The van der Waals surface area contributed by atoms with Crippen molar-refractivity contribution < 1.29 is 85.0 Å². The number of hydrogen-bond acceptors (Lipinski definition) is 17. The van der Waals surface area contributed by atoms with Gasteiger partial charge in [0.2, 0.25) is 0 Å². The molecule has 0 aromatic rings.